The Balaban J connectivity index is 0.00000180. The van der Waals surface area contributed by atoms with Crippen molar-refractivity contribution >= 4 is 44.8 Å². The van der Waals surface area contributed by atoms with Gasteiger partial charge in [-0.1, -0.05) is 23.7 Å². The van der Waals surface area contributed by atoms with E-state index >= 15 is 0 Å². The third-order valence-electron chi connectivity index (χ3n) is 2.44. The molecule has 0 spiro atoms. The highest BCUT2D eigenvalue weighted by atomic mass is 35.5. The van der Waals surface area contributed by atoms with Crippen molar-refractivity contribution in [3.8, 4) is 0 Å². The van der Waals surface area contributed by atoms with E-state index in [1.165, 1.54) is 12.3 Å². The molecule has 0 unspecified atom stereocenters. The molecule has 1 heterocycles. The number of hydrogen-bond donors (Lipinski definition) is 2. The second kappa shape index (κ2) is 6.49. The third-order valence-corrected chi connectivity index (χ3v) is 4.26. The van der Waals surface area contributed by atoms with Crippen molar-refractivity contribution < 1.29 is 8.42 Å². The Kier molecular flexibility index (Phi) is 5.51. The van der Waals surface area contributed by atoms with Crippen molar-refractivity contribution in [2.45, 2.75) is 4.90 Å². The number of nitrogens with two attached hydrogens (primary N) is 1. The van der Waals surface area contributed by atoms with Crippen LogP contribution in [0.3, 0.4) is 0 Å². The van der Waals surface area contributed by atoms with Crippen LogP contribution in [0.4, 0.5) is 0 Å². The lowest BCUT2D eigenvalue weighted by Gasteiger charge is -2.09. The van der Waals surface area contributed by atoms with Gasteiger partial charge in [-0.05, 0) is 12.1 Å². The molecule has 2 aromatic rings. The highest BCUT2D eigenvalue weighted by molar-refractivity contribution is 7.89. The lowest BCUT2D eigenvalue weighted by molar-refractivity contribution is 0.583. The monoisotopic (exact) mass is 321 g/mol. The number of pyridine rings is 1. The van der Waals surface area contributed by atoms with Gasteiger partial charge in [-0.15, -0.1) is 12.4 Å². The molecule has 0 aliphatic heterocycles. The van der Waals surface area contributed by atoms with E-state index in [2.05, 4.69) is 9.71 Å². The number of sulfonamides is 1. The molecule has 0 aliphatic carbocycles. The van der Waals surface area contributed by atoms with E-state index in [0.717, 1.165) is 0 Å². The number of halogens is 2. The SMILES string of the molecule is Cl.NCCNS(=O)(=O)c1cccc2c(Cl)nccc12. The van der Waals surface area contributed by atoms with Crippen LogP contribution in [-0.2, 0) is 10.0 Å². The van der Waals surface area contributed by atoms with Crippen LogP contribution >= 0.6 is 24.0 Å². The smallest absolute Gasteiger partial charge is 0.241 e. The molecule has 0 radical (unpaired) electrons. The summed E-state index contributed by atoms with van der Waals surface area (Å²) in [5, 5.41) is 1.43. The molecule has 0 saturated heterocycles. The van der Waals surface area contributed by atoms with E-state index in [-0.39, 0.29) is 35.5 Å². The molecule has 8 heteroatoms. The molecule has 0 aliphatic rings. The molecule has 0 saturated carbocycles. The first-order valence-electron chi connectivity index (χ1n) is 5.29. The van der Waals surface area contributed by atoms with Gasteiger partial charge in [0.1, 0.15) is 5.15 Å². The standard InChI is InChI=1S/C11H12ClN3O2S.ClH/c12-11-9-2-1-3-10(8(9)4-6-14-11)18(16,17)15-7-5-13;/h1-4,6,15H,5,7,13H2;1H. The van der Waals surface area contributed by atoms with E-state index in [1.807, 2.05) is 0 Å². The molecular weight excluding hydrogens is 309 g/mol. The molecule has 2 rings (SSSR count). The first-order valence-corrected chi connectivity index (χ1v) is 7.15. The molecule has 104 valence electrons. The fraction of sp³-hybridized carbons (Fsp3) is 0.182. The predicted octanol–water partition coefficient (Wildman–Crippen LogP) is 1.55. The highest BCUT2D eigenvalue weighted by Crippen LogP contribution is 2.26. The van der Waals surface area contributed by atoms with Crippen LogP contribution in [0.1, 0.15) is 0 Å². The van der Waals surface area contributed by atoms with Gasteiger partial charge in [0, 0.05) is 30.1 Å². The van der Waals surface area contributed by atoms with E-state index < -0.39 is 10.0 Å². The van der Waals surface area contributed by atoms with Crippen LogP contribution in [0.5, 0.6) is 0 Å². The number of benzene rings is 1. The molecule has 5 nitrogen and oxygen atoms in total. The summed E-state index contributed by atoms with van der Waals surface area (Å²) >= 11 is 5.94. The van der Waals surface area contributed by atoms with Crippen LogP contribution in [0.25, 0.3) is 10.8 Å². The van der Waals surface area contributed by atoms with Gasteiger partial charge < -0.3 is 5.73 Å². The maximum absolute atomic E-state index is 12.1. The molecule has 1 aromatic heterocycles. The summed E-state index contributed by atoms with van der Waals surface area (Å²) in [6.07, 6.45) is 1.48. The van der Waals surface area contributed by atoms with Crippen LogP contribution in [-0.4, -0.2) is 26.5 Å². The quantitative estimate of drug-likeness (QED) is 0.836. The number of fused-ring (bicyclic) bond motifs is 1. The topological polar surface area (TPSA) is 85.1 Å². The number of aromatic nitrogens is 1. The summed E-state index contributed by atoms with van der Waals surface area (Å²) in [6.45, 7) is 0.434. The maximum Gasteiger partial charge on any atom is 0.241 e. The zero-order valence-electron chi connectivity index (χ0n) is 9.84. The fourth-order valence-electron chi connectivity index (χ4n) is 1.65. The molecule has 0 bridgehead atoms. The molecule has 1 aromatic carbocycles. The summed E-state index contributed by atoms with van der Waals surface area (Å²) < 4.78 is 26.6. The number of nitrogens with one attached hydrogen (secondary N) is 1. The minimum absolute atomic E-state index is 0. The summed E-state index contributed by atoms with van der Waals surface area (Å²) in [7, 11) is -3.58. The van der Waals surface area contributed by atoms with Gasteiger partial charge in [0.2, 0.25) is 10.0 Å². The molecule has 0 amide bonds. The van der Waals surface area contributed by atoms with Crippen LogP contribution in [0.15, 0.2) is 35.4 Å². The number of nitrogens with zero attached hydrogens (tertiary/aromatic N) is 1. The van der Waals surface area contributed by atoms with Crippen molar-refractivity contribution in [3.63, 3.8) is 0 Å². The van der Waals surface area contributed by atoms with Gasteiger partial charge in [0.25, 0.3) is 0 Å². The largest absolute Gasteiger partial charge is 0.329 e. The second-order valence-electron chi connectivity index (χ2n) is 3.64. The van der Waals surface area contributed by atoms with Crippen molar-refractivity contribution in [1.82, 2.24) is 9.71 Å². The summed E-state index contributed by atoms with van der Waals surface area (Å²) in [4.78, 5) is 4.10. The first-order chi connectivity index (χ1) is 8.56. The first kappa shape index (κ1) is 16.1. The maximum atomic E-state index is 12.1. The minimum Gasteiger partial charge on any atom is -0.329 e. The van der Waals surface area contributed by atoms with Gasteiger partial charge >= 0.3 is 0 Å². The zero-order chi connectivity index (χ0) is 13.2. The lowest BCUT2D eigenvalue weighted by atomic mass is 10.2. The van der Waals surface area contributed by atoms with E-state index in [4.69, 9.17) is 17.3 Å². The van der Waals surface area contributed by atoms with Crippen LogP contribution in [0, 0.1) is 0 Å². The van der Waals surface area contributed by atoms with Crippen LogP contribution < -0.4 is 10.5 Å². The van der Waals surface area contributed by atoms with Crippen molar-refractivity contribution in [2.75, 3.05) is 13.1 Å². The Morgan fingerprint density at radius 1 is 1.26 bits per heavy atom. The molecule has 19 heavy (non-hydrogen) atoms. The normalized spacial score (nSPS) is 11.3. The van der Waals surface area contributed by atoms with Crippen molar-refractivity contribution in [3.05, 3.63) is 35.6 Å². The van der Waals surface area contributed by atoms with Crippen molar-refractivity contribution in [2.24, 2.45) is 5.73 Å². The Morgan fingerprint density at radius 3 is 2.68 bits per heavy atom. The predicted molar refractivity (Wildman–Crippen MR) is 78.2 cm³/mol. The summed E-state index contributed by atoms with van der Waals surface area (Å²) in [5.41, 5.74) is 5.29. The van der Waals surface area contributed by atoms with Gasteiger partial charge in [-0.2, -0.15) is 0 Å². The summed E-state index contributed by atoms with van der Waals surface area (Å²) in [5.74, 6) is 0. The molecule has 0 fully saturated rings. The van der Waals surface area contributed by atoms with E-state index in [0.29, 0.717) is 10.8 Å². The lowest BCUT2D eigenvalue weighted by Crippen LogP contribution is -2.29. The van der Waals surface area contributed by atoms with Crippen LogP contribution in [0.2, 0.25) is 5.15 Å². The average Bonchev–Trinajstić information content (AvgIpc) is 2.36. The third kappa shape index (κ3) is 3.34. The van der Waals surface area contributed by atoms with E-state index in [1.54, 1.807) is 18.2 Å². The Labute approximate surface area is 122 Å². The van der Waals surface area contributed by atoms with Gasteiger partial charge in [-0.3, -0.25) is 0 Å². The number of hydrogen-bond acceptors (Lipinski definition) is 4. The highest BCUT2D eigenvalue weighted by Gasteiger charge is 2.17. The van der Waals surface area contributed by atoms with E-state index in [9.17, 15) is 8.42 Å². The minimum atomic E-state index is -3.58. The molecule has 0 atom stereocenters. The Hall–Kier alpha value is -0.920. The van der Waals surface area contributed by atoms with Gasteiger partial charge in [0.15, 0.2) is 0 Å². The second-order valence-corrected chi connectivity index (χ2v) is 5.73. The Bertz CT molecular complexity index is 677. The molecule has 3 N–H and O–H groups in total. The number of rotatable bonds is 4. The molecular formula is C11H13Cl2N3O2S. The average molecular weight is 322 g/mol. The van der Waals surface area contributed by atoms with Crippen molar-refractivity contribution in [1.29, 1.82) is 0 Å². The van der Waals surface area contributed by atoms with Gasteiger partial charge in [-0.25, -0.2) is 18.1 Å². The van der Waals surface area contributed by atoms with Gasteiger partial charge in [0.05, 0.1) is 4.90 Å². The fourth-order valence-corrected chi connectivity index (χ4v) is 3.14. The summed E-state index contributed by atoms with van der Waals surface area (Å²) in [6, 6.07) is 6.51. The Morgan fingerprint density at radius 2 is 2.00 bits per heavy atom. The zero-order valence-corrected chi connectivity index (χ0v) is 12.2.